The first-order chi connectivity index (χ1) is 10.9. The van der Waals surface area contributed by atoms with Gasteiger partial charge in [-0.05, 0) is 30.0 Å². The Bertz CT molecular complexity index is 716. The van der Waals surface area contributed by atoms with Crippen molar-refractivity contribution in [3.05, 3.63) is 34.4 Å². The fraction of sp³-hybridized carbons (Fsp3) is 0.375. The van der Waals surface area contributed by atoms with Gasteiger partial charge in [0, 0.05) is 39.7 Å². The third kappa shape index (κ3) is 4.51. The lowest BCUT2D eigenvalue weighted by atomic mass is 10.0. The molecule has 0 spiro atoms. The van der Waals surface area contributed by atoms with E-state index in [-0.39, 0.29) is 18.2 Å². The predicted octanol–water partition coefficient (Wildman–Crippen LogP) is 3.04. The van der Waals surface area contributed by atoms with E-state index < -0.39 is 12.0 Å². The molecule has 0 fully saturated rings. The summed E-state index contributed by atoms with van der Waals surface area (Å²) in [5.74, 6) is -0.811. The van der Waals surface area contributed by atoms with E-state index in [4.69, 9.17) is 0 Å². The highest BCUT2D eigenvalue weighted by molar-refractivity contribution is 9.10. The molecule has 3 N–H and O–H groups in total. The predicted molar refractivity (Wildman–Crippen MR) is 96.8 cm³/mol. The number of aromatic nitrogens is 1. The minimum atomic E-state index is -1.03. The number of benzene rings is 1. The van der Waals surface area contributed by atoms with Crippen LogP contribution in [0.3, 0.4) is 0 Å². The second-order valence-corrected chi connectivity index (χ2v) is 7.29. The minimum absolute atomic E-state index is 0.219. The maximum absolute atomic E-state index is 12.1. The number of halogens is 1. The largest absolute Gasteiger partial charge is 0.480 e. The number of thioether (sulfide) groups is 1. The van der Waals surface area contributed by atoms with E-state index in [9.17, 15) is 14.7 Å². The molecule has 1 amide bonds. The van der Waals surface area contributed by atoms with E-state index in [0.29, 0.717) is 5.75 Å². The van der Waals surface area contributed by atoms with Crippen molar-refractivity contribution >= 4 is 50.5 Å². The summed E-state index contributed by atoms with van der Waals surface area (Å²) in [6.07, 6.45) is 3.95. The molecular formula is C16H19BrN2O3S. The molecule has 0 saturated carbocycles. The van der Waals surface area contributed by atoms with Crippen LogP contribution < -0.4 is 5.32 Å². The van der Waals surface area contributed by atoms with Gasteiger partial charge < -0.3 is 15.4 Å². The van der Waals surface area contributed by atoms with Gasteiger partial charge in [0.15, 0.2) is 0 Å². The number of aliphatic carboxylic acids is 1. The summed E-state index contributed by atoms with van der Waals surface area (Å²) in [5.41, 5.74) is 1.81. The lowest BCUT2D eigenvalue weighted by Crippen LogP contribution is -2.44. The van der Waals surface area contributed by atoms with Gasteiger partial charge in [0.05, 0.1) is 0 Å². The van der Waals surface area contributed by atoms with Crippen molar-refractivity contribution in [2.24, 2.45) is 5.92 Å². The van der Waals surface area contributed by atoms with E-state index >= 15 is 0 Å². The molecule has 0 aliphatic rings. The molecular weight excluding hydrogens is 380 g/mol. The Morgan fingerprint density at radius 1 is 1.43 bits per heavy atom. The molecule has 1 aromatic heterocycles. The number of carbonyl (C=O) groups is 2. The van der Waals surface area contributed by atoms with Crippen LogP contribution in [0, 0.1) is 5.92 Å². The summed E-state index contributed by atoms with van der Waals surface area (Å²) in [6.45, 7) is 1.80. The lowest BCUT2D eigenvalue weighted by Gasteiger charge is -2.17. The number of H-pyrrole nitrogens is 1. The van der Waals surface area contributed by atoms with Crippen molar-refractivity contribution < 1.29 is 14.7 Å². The average Bonchev–Trinajstić information content (AvgIpc) is 2.88. The molecule has 0 radical (unpaired) electrons. The zero-order valence-electron chi connectivity index (χ0n) is 12.9. The second-order valence-electron chi connectivity index (χ2n) is 5.46. The first-order valence-corrected chi connectivity index (χ1v) is 9.38. The van der Waals surface area contributed by atoms with Gasteiger partial charge in [0.1, 0.15) is 6.04 Å². The average molecular weight is 399 g/mol. The minimum Gasteiger partial charge on any atom is -0.480 e. The van der Waals surface area contributed by atoms with Crippen LogP contribution >= 0.6 is 27.7 Å². The third-order valence-corrected chi connectivity index (χ3v) is 4.96. The molecule has 2 atom stereocenters. The normalized spacial score (nSPS) is 13.7. The van der Waals surface area contributed by atoms with Crippen molar-refractivity contribution in [1.82, 2.24) is 10.3 Å². The zero-order chi connectivity index (χ0) is 17.0. The van der Waals surface area contributed by atoms with Crippen LogP contribution in [0.5, 0.6) is 0 Å². The Morgan fingerprint density at radius 2 is 2.17 bits per heavy atom. The maximum Gasteiger partial charge on any atom is 0.326 e. The summed E-state index contributed by atoms with van der Waals surface area (Å²) in [5, 5.41) is 13.0. The van der Waals surface area contributed by atoms with Crippen molar-refractivity contribution in [3.8, 4) is 0 Å². The number of fused-ring (bicyclic) bond motifs is 1. The summed E-state index contributed by atoms with van der Waals surface area (Å²) in [6, 6.07) is 4.85. The number of amides is 1. The summed E-state index contributed by atoms with van der Waals surface area (Å²) >= 11 is 4.98. The molecule has 5 nitrogen and oxygen atoms in total. The Morgan fingerprint density at radius 3 is 2.83 bits per heavy atom. The maximum atomic E-state index is 12.1. The molecule has 23 heavy (non-hydrogen) atoms. The first-order valence-electron chi connectivity index (χ1n) is 7.20. The standard InChI is InChI=1S/C16H19BrN2O3S/c1-9(8-23-2)15(20)19-14(16(21)22)5-10-7-18-13-4-3-11(17)6-12(10)13/h3-4,6-7,9,14,18H,5,8H2,1-2H3,(H,19,20)(H,21,22). The number of carbonyl (C=O) groups excluding carboxylic acids is 1. The second kappa shape index (κ2) is 7.88. The van der Waals surface area contributed by atoms with Gasteiger partial charge in [-0.2, -0.15) is 11.8 Å². The van der Waals surface area contributed by atoms with E-state index in [1.54, 1.807) is 24.9 Å². The van der Waals surface area contributed by atoms with Gasteiger partial charge in [-0.1, -0.05) is 22.9 Å². The van der Waals surface area contributed by atoms with Crippen molar-refractivity contribution in [1.29, 1.82) is 0 Å². The summed E-state index contributed by atoms with van der Waals surface area (Å²) in [4.78, 5) is 26.7. The lowest BCUT2D eigenvalue weighted by molar-refractivity contribution is -0.142. The first kappa shape index (κ1) is 17.9. The van der Waals surface area contributed by atoms with Crippen LogP contribution in [0.4, 0.5) is 0 Å². The van der Waals surface area contributed by atoms with Gasteiger partial charge in [-0.15, -0.1) is 0 Å². The van der Waals surface area contributed by atoms with Crippen LogP contribution in [-0.4, -0.2) is 40.0 Å². The molecule has 1 heterocycles. The monoisotopic (exact) mass is 398 g/mol. The van der Waals surface area contributed by atoms with Gasteiger partial charge >= 0.3 is 5.97 Å². The van der Waals surface area contributed by atoms with Gasteiger partial charge in [0.2, 0.25) is 5.91 Å². The molecule has 0 saturated heterocycles. The summed E-state index contributed by atoms with van der Waals surface area (Å²) in [7, 11) is 0. The van der Waals surface area contributed by atoms with E-state index in [1.165, 1.54) is 0 Å². The number of rotatable bonds is 7. The van der Waals surface area contributed by atoms with Crippen LogP contribution in [0.1, 0.15) is 12.5 Å². The molecule has 2 unspecified atom stereocenters. The van der Waals surface area contributed by atoms with Crippen molar-refractivity contribution in [2.75, 3.05) is 12.0 Å². The third-order valence-electron chi connectivity index (χ3n) is 3.63. The van der Waals surface area contributed by atoms with Crippen LogP contribution in [-0.2, 0) is 16.0 Å². The number of carboxylic acids is 1. The van der Waals surface area contributed by atoms with Gasteiger partial charge in [0.25, 0.3) is 0 Å². The molecule has 0 aliphatic carbocycles. The SMILES string of the molecule is CSCC(C)C(=O)NC(Cc1c[nH]c2ccc(Br)cc12)C(=O)O. The Hall–Kier alpha value is -1.47. The number of hydrogen-bond donors (Lipinski definition) is 3. The Labute approximate surface area is 147 Å². The van der Waals surface area contributed by atoms with Gasteiger partial charge in [-0.25, -0.2) is 4.79 Å². The molecule has 7 heteroatoms. The number of hydrogen-bond acceptors (Lipinski definition) is 3. The van der Waals surface area contributed by atoms with Crippen LogP contribution in [0.15, 0.2) is 28.9 Å². The van der Waals surface area contributed by atoms with Crippen LogP contribution in [0.2, 0.25) is 0 Å². The van der Waals surface area contributed by atoms with E-state index in [2.05, 4.69) is 26.2 Å². The highest BCUT2D eigenvalue weighted by Crippen LogP contribution is 2.23. The molecule has 0 aliphatic heterocycles. The molecule has 0 bridgehead atoms. The van der Waals surface area contributed by atoms with Gasteiger partial charge in [-0.3, -0.25) is 4.79 Å². The van der Waals surface area contributed by atoms with E-state index in [1.807, 2.05) is 24.5 Å². The fourth-order valence-electron chi connectivity index (χ4n) is 2.38. The Balaban J connectivity index is 2.17. The van der Waals surface area contributed by atoms with Crippen molar-refractivity contribution in [3.63, 3.8) is 0 Å². The molecule has 2 aromatic rings. The summed E-state index contributed by atoms with van der Waals surface area (Å²) < 4.78 is 0.926. The zero-order valence-corrected chi connectivity index (χ0v) is 15.3. The molecule has 124 valence electrons. The quantitative estimate of drug-likeness (QED) is 0.669. The van der Waals surface area contributed by atoms with Crippen LogP contribution in [0.25, 0.3) is 10.9 Å². The smallest absolute Gasteiger partial charge is 0.326 e. The number of aromatic amines is 1. The van der Waals surface area contributed by atoms with Crippen molar-refractivity contribution in [2.45, 2.75) is 19.4 Å². The Kier molecular flexibility index (Phi) is 6.12. The highest BCUT2D eigenvalue weighted by atomic mass is 79.9. The number of carboxylic acid groups (broad SMARTS) is 1. The topological polar surface area (TPSA) is 82.2 Å². The molecule has 1 aromatic carbocycles. The number of nitrogens with one attached hydrogen (secondary N) is 2. The fourth-order valence-corrected chi connectivity index (χ4v) is 3.39. The highest BCUT2D eigenvalue weighted by Gasteiger charge is 2.24. The molecule has 2 rings (SSSR count). The van der Waals surface area contributed by atoms with E-state index in [0.717, 1.165) is 20.9 Å².